The van der Waals surface area contributed by atoms with Gasteiger partial charge in [-0.3, -0.25) is 9.59 Å². The highest BCUT2D eigenvalue weighted by molar-refractivity contribution is 6.00. The third kappa shape index (κ3) is 3.23. The average molecular weight is 270 g/mol. The fraction of sp³-hybridized carbons (Fsp3) is 0.125. The lowest BCUT2D eigenvalue weighted by molar-refractivity contribution is -0.148. The summed E-state index contributed by atoms with van der Waals surface area (Å²) in [5.74, 6) is -3.01. The molecule has 0 unspecified atom stereocenters. The highest BCUT2D eigenvalue weighted by Crippen LogP contribution is 2.20. The van der Waals surface area contributed by atoms with E-state index in [0.717, 1.165) is 5.56 Å². The molecule has 1 N–H and O–H groups in total. The van der Waals surface area contributed by atoms with Crippen LogP contribution in [0.5, 0.6) is 5.75 Å². The Morgan fingerprint density at radius 3 is 2.15 bits per heavy atom. The predicted octanol–water partition coefficient (Wildman–Crippen LogP) is 2.77. The molecule has 0 heterocycles. The third-order valence-corrected chi connectivity index (χ3v) is 2.85. The van der Waals surface area contributed by atoms with E-state index >= 15 is 0 Å². The number of esters is 1. The van der Waals surface area contributed by atoms with Gasteiger partial charge in [-0.25, -0.2) is 0 Å². The van der Waals surface area contributed by atoms with Crippen molar-refractivity contribution in [3.63, 3.8) is 0 Å². The molecule has 0 aromatic heterocycles. The quantitative estimate of drug-likeness (QED) is 0.527. The minimum Gasteiger partial charge on any atom is -0.480 e. The van der Waals surface area contributed by atoms with Crippen molar-refractivity contribution in [1.82, 2.24) is 0 Å². The molecule has 0 saturated heterocycles. The number of carbonyl (C=O) groups is 2. The molecule has 0 fully saturated rings. The topological polar surface area (TPSA) is 63.6 Å². The van der Waals surface area contributed by atoms with Crippen LogP contribution in [-0.2, 0) is 9.59 Å². The Balaban J connectivity index is 2.20. The van der Waals surface area contributed by atoms with Crippen LogP contribution in [0.15, 0.2) is 54.6 Å². The molecule has 1 atom stereocenters. The van der Waals surface area contributed by atoms with E-state index in [2.05, 4.69) is 0 Å². The van der Waals surface area contributed by atoms with Crippen molar-refractivity contribution in [3.8, 4) is 5.75 Å². The zero-order valence-electron chi connectivity index (χ0n) is 10.9. The zero-order chi connectivity index (χ0) is 14.5. The molecule has 0 amide bonds. The Kier molecular flexibility index (Phi) is 4.15. The minimum atomic E-state index is -1.32. The lowest BCUT2D eigenvalue weighted by atomic mass is 10.00. The van der Waals surface area contributed by atoms with E-state index in [9.17, 15) is 14.7 Å². The highest BCUT2D eigenvalue weighted by atomic mass is 16.5. The molecule has 2 aromatic rings. The summed E-state index contributed by atoms with van der Waals surface area (Å²) in [5.41, 5.74) is 1.43. The Bertz CT molecular complexity index is 602. The summed E-state index contributed by atoms with van der Waals surface area (Å²) in [4.78, 5) is 23.3. The Hall–Kier alpha value is -2.62. The van der Waals surface area contributed by atoms with Gasteiger partial charge in [0.15, 0.2) is 5.92 Å². The number of aliphatic carboxylic acids is 1. The predicted molar refractivity (Wildman–Crippen MR) is 73.6 cm³/mol. The summed E-state index contributed by atoms with van der Waals surface area (Å²) < 4.78 is 5.13. The maximum absolute atomic E-state index is 12.0. The second kappa shape index (κ2) is 6.02. The van der Waals surface area contributed by atoms with Gasteiger partial charge in [-0.2, -0.15) is 0 Å². The summed E-state index contributed by atoms with van der Waals surface area (Å²) in [6.45, 7) is 1.91. The van der Waals surface area contributed by atoms with Gasteiger partial charge in [0, 0.05) is 0 Å². The fourth-order valence-electron chi connectivity index (χ4n) is 1.81. The Labute approximate surface area is 116 Å². The van der Waals surface area contributed by atoms with Gasteiger partial charge in [0.2, 0.25) is 0 Å². The molecule has 102 valence electrons. The maximum atomic E-state index is 12.0. The molecule has 0 saturated carbocycles. The average Bonchev–Trinajstić information content (AvgIpc) is 2.42. The number of carbonyl (C=O) groups excluding carboxylic acids is 1. The van der Waals surface area contributed by atoms with Crippen molar-refractivity contribution in [2.24, 2.45) is 0 Å². The van der Waals surface area contributed by atoms with E-state index in [1.807, 2.05) is 6.92 Å². The van der Waals surface area contributed by atoms with Gasteiger partial charge in [0.05, 0.1) is 0 Å². The fourth-order valence-corrected chi connectivity index (χ4v) is 1.81. The molecule has 0 spiro atoms. The minimum absolute atomic E-state index is 0.336. The largest absolute Gasteiger partial charge is 0.480 e. The smallest absolute Gasteiger partial charge is 0.330 e. The molecular weight excluding hydrogens is 256 g/mol. The third-order valence-electron chi connectivity index (χ3n) is 2.85. The molecular formula is C16H14O4. The van der Waals surface area contributed by atoms with Crippen LogP contribution in [0.2, 0.25) is 0 Å². The summed E-state index contributed by atoms with van der Waals surface area (Å²) in [6.07, 6.45) is 0. The molecule has 0 aliphatic carbocycles. The summed E-state index contributed by atoms with van der Waals surface area (Å²) in [7, 11) is 0. The first-order valence-electron chi connectivity index (χ1n) is 6.14. The van der Waals surface area contributed by atoms with Crippen LogP contribution in [0.1, 0.15) is 17.0 Å². The van der Waals surface area contributed by atoms with Gasteiger partial charge in [-0.1, -0.05) is 48.0 Å². The van der Waals surface area contributed by atoms with E-state index < -0.39 is 17.9 Å². The van der Waals surface area contributed by atoms with Crippen molar-refractivity contribution in [2.45, 2.75) is 12.8 Å². The van der Waals surface area contributed by atoms with Crippen LogP contribution in [0.25, 0.3) is 0 Å². The van der Waals surface area contributed by atoms with E-state index in [-0.39, 0.29) is 0 Å². The van der Waals surface area contributed by atoms with Crippen LogP contribution in [0, 0.1) is 6.92 Å². The van der Waals surface area contributed by atoms with E-state index in [4.69, 9.17) is 4.74 Å². The van der Waals surface area contributed by atoms with Crippen LogP contribution in [-0.4, -0.2) is 17.0 Å². The second-order valence-electron chi connectivity index (χ2n) is 4.42. The maximum Gasteiger partial charge on any atom is 0.330 e. The zero-order valence-corrected chi connectivity index (χ0v) is 10.9. The van der Waals surface area contributed by atoms with Crippen molar-refractivity contribution in [1.29, 1.82) is 0 Å². The lowest BCUT2D eigenvalue weighted by Crippen LogP contribution is -2.25. The first kappa shape index (κ1) is 13.8. The monoisotopic (exact) mass is 270 g/mol. The van der Waals surface area contributed by atoms with Crippen molar-refractivity contribution in [2.75, 3.05) is 0 Å². The number of carboxylic acid groups (broad SMARTS) is 1. The van der Waals surface area contributed by atoms with E-state index in [1.54, 1.807) is 54.6 Å². The van der Waals surface area contributed by atoms with Gasteiger partial charge in [-0.05, 0) is 24.6 Å². The molecule has 0 aliphatic heterocycles. The second-order valence-corrected chi connectivity index (χ2v) is 4.42. The number of benzene rings is 2. The molecule has 0 aliphatic rings. The first-order chi connectivity index (χ1) is 9.58. The molecule has 0 radical (unpaired) electrons. The number of hydrogen-bond acceptors (Lipinski definition) is 3. The molecule has 2 rings (SSSR count). The van der Waals surface area contributed by atoms with Gasteiger partial charge >= 0.3 is 11.9 Å². The van der Waals surface area contributed by atoms with Crippen LogP contribution < -0.4 is 4.74 Å². The number of carboxylic acids is 1. The summed E-state index contributed by atoms with van der Waals surface area (Å²) in [5, 5.41) is 9.22. The molecule has 4 nitrogen and oxygen atoms in total. The summed E-state index contributed by atoms with van der Waals surface area (Å²) in [6, 6.07) is 15.2. The molecule has 20 heavy (non-hydrogen) atoms. The van der Waals surface area contributed by atoms with Crippen LogP contribution in [0.3, 0.4) is 0 Å². The highest BCUT2D eigenvalue weighted by Gasteiger charge is 2.30. The normalized spacial score (nSPS) is 11.7. The summed E-state index contributed by atoms with van der Waals surface area (Å²) >= 11 is 0. The van der Waals surface area contributed by atoms with Crippen LogP contribution >= 0.6 is 0 Å². The Morgan fingerprint density at radius 2 is 1.60 bits per heavy atom. The van der Waals surface area contributed by atoms with Crippen molar-refractivity contribution in [3.05, 3.63) is 65.7 Å². The van der Waals surface area contributed by atoms with Gasteiger partial charge in [0.25, 0.3) is 0 Å². The molecule has 2 aromatic carbocycles. The number of ether oxygens (including phenoxy) is 1. The van der Waals surface area contributed by atoms with Gasteiger partial charge < -0.3 is 9.84 Å². The van der Waals surface area contributed by atoms with Gasteiger partial charge in [-0.15, -0.1) is 0 Å². The molecule has 4 heteroatoms. The first-order valence-corrected chi connectivity index (χ1v) is 6.14. The SMILES string of the molecule is Cc1ccc(OC(=O)[C@H](C(=O)O)c2ccccc2)cc1. The number of aryl methyl sites for hydroxylation is 1. The van der Waals surface area contributed by atoms with E-state index in [0.29, 0.717) is 11.3 Å². The standard InChI is InChI=1S/C16H14O4/c1-11-7-9-13(10-8-11)20-16(19)14(15(17)18)12-5-3-2-4-6-12/h2-10,14H,1H3,(H,17,18)/t14-/m0/s1. The Morgan fingerprint density at radius 1 is 1.00 bits per heavy atom. The lowest BCUT2D eigenvalue weighted by Gasteiger charge is -2.12. The number of hydrogen-bond donors (Lipinski definition) is 1. The van der Waals surface area contributed by atoms with Crippen molar-refractivity contribution >= 4 is 11.9 Å². The van der Waals surface area contributed by atoms with E-state index in [1.165, 1.54) is 0 Å². The number of rotatable bonds is 4. The van der Waals surface area contributed by atoms with Crippen LogP contribution in [0.4, 0.5) is 0 Å². The molecule has 0 bridgehead atoms. The van der Waals surface area contributed by atoms with Gasteiger partial charge in [0.1, 0.15) is 5.75 Å². The van der Waals surface area contributed by atoms with Crippen molar-refractivity contribution < 1.29 is 19.4 Å².